The zero-order valence-corrected chi connectivity index (χ0v) is 15.4. The van der Waals surface area contributed by atoms with Gasteiger partial charge in [-0.25, -0.2) is 0 Å². The third-order valence-electron chi connectivity index (χ3n) is 4.32. The minimum absolute atomic E-state index is 0.0840. The molecule has 7 heteroatoms. The van der Waals surface area contributed by atoms with Crippen LogP contribution < -0.4 is 10.6 Å². The second-order valence-electron chi connectivity index (χ2n) is 6.46. The Morgan fingerprint density at radius 1 is 1.15 bits per heavy atom. The van der Waals surface area contributed by atoms with Crippen molar-refractivity contribution >= 4 is 33.9 Å². The number of nitrogens with zero attached hydrogens (tertiary/aromatic N) is 2. The monoisotopic (exact) mass is 364 g/mol. The number of amides is 1. The predicted octanol–water partition coefficient (Wildman–Crippen LogP) is 4.12. The highest BCUT2D eigenvalue weighted by Gasteiger charge is 2.19. The molecule has 0 fully saturated rings. The van der Waals surface area contributed by atoms with Gasteiger partial charge in [0, 0.05) is 11.9 Å². The lowest BCUT2D eigenvalue weighted by atomic mass is 10.1. The number of nitrogens with one attached hydrogen (secondary N) is 2. The zero-order chi connectivity index (χ0) is 19.6. The van der Waals surface area contributed by atoms with Crippen LogP contribution in [0.4, 0.5) is 17.1 Å². The van der Waals surface area contributed by atoms with Crippen LogP contribution in [-0.2, 0) is 4.79 Å². The van der Waals surface area contributed by atoms with Gasteiger partial charge in [0.1, 0.15) is 5.69 Å². The van der Waals surface area contributed by atoms with E-state index < -0.39 is 4.92 Å². The van der Waals surface area contributed by atoms with Crippen LogP contribution >= 0.6 is 0 Å². The number of nitro groups is 1. The molecule has 0 unspecified atom stereocenters. The van der Waals surface area contributed by atoms with Crippen molar-refractivity contribution < 1.29 is 9.72 Å². The van der Waals surface area contributed by atoms with E-state index in [2.05, 4.69) is 15.6 Å². The fourth-order valence-electron chi connectivity index (χ4n) is 3.21. The Kier molecular flexibility index (Phi) is 5.03. The maximum Gasteiger partial charge on any atom is 0.301 e. The van der Waals surface area contributed by atoms with Crippen LogP contribution in [0.2, 0.25) is 0 Å². The van der Waals surface area contributed by atoms with Crippen molar-refractivity contribution in [2.45, 2.75) is 20.8 Å². The molecule has 0 atom stereocenters. The van der Waals surface area contributed by atoms with Gasteiger partial charge in [0.05, 0.1) is 22.4 Å². The molecular weight excluding hydrogens is 344 g/mol. The van der Waals surface area contributed by atoms with Gasteiger partial charge in [-0.3, -0.25) is 19.9 Å². The number of nitro benzene ring substituents is 1. The number of benzene rings is 2. The van der Waals surface area contributed by atoms with Crippen LogP contribution in [0.5, 0.6) is 0 Å². The second kappa shape index (κ2) is 7.41. The second-order valence-corrected chi connectivity index (χ2v) is 6.46. The first kappa shape index (κ1) is 18.3. The van der Waals surface area contributed by atoms with Gasteiger partial charge in [-0.05, 0) is 56.2 Å². The van der Waals surface area contributed by atoms with Crippen molar-refractivity contribution in [3.63, 3.8) is 0 Å². The molecule has 27 heavy (non-hydrogen) atoms. The van der Waals surface area contributed by atoms with Crippen molar-refractivity contribution in [1.29, 1.82) is 0 Å². The van der Waals surface area contributed by atoms with E-state index in [0.29, 0.717) is 10.9 Å². The minimum atomic E-state index is -0.460. The van der Waals surface area contributed by atoms with Crippen molar-refractivity contribution in [1.82, 2.24) is 4.98 Å². The molecule has 1 amide bonds. The van der Waals surface area contributed by atoms with Gasteiger partial charge in [-0.1, -0.05) is 17.7 Å². The molecule has 0 aliphatic heterocycles. The van der Waals surface area contributed by atoms with Crippen LogP contribution in [-0.4, -0.2) is 22.4 Å². The first-order valence-corrected chi connectivity index (χ1v) is 8.50. The average Bonchev–Trinajstić information content (AvgIpc) is 2.62. The molecule has 0 bridgehead atoms. The number of pyridine rings is 1. The first-order chi connectivity index (χ1) is 12.9. The van der Waals surface area contributed by atoms with Crippen molar-refractivity contribution in [2.75, 3.05) is 17.2 Å². The van der Waals surface area contributed by atoms with Crippen LogP contribution in [0.1, 0.15) is 16.7 Å². The molecule has 3 aromatic rings. The van der Waals surface area contributed by atoms with Crippen molar-refractivity contribution in [2.24, 2.45) is 0 Å². The number of fused-ring (bicyclic) bond motifs is 1. The van der Waals surface area contributed by atoms with Gasteiger partial charge in [0.2, 0.25) is 5.91 Å². The van der Waals surface area contributed by atoms with E-state index in [1.165, 1.54) is 0 Å². The Labute approximate surface area is 156 Å². The molecule has 1 heterocycles. The molecule has 2 N–H and O–H groups in total. The number of hydrogen-bond acceptors (Lipinski definition) is 5. The normalized spacial score (nSPS) is 10.6. The summed E-state index contributed by atoms with van der Waals surface area (Å²) in [6, 6.07) is 10.5. The van der Waals surface area contributed by atoms with E-state index in [1.807, 2.05) is 32.9 Å². The molecule has 0 spiro atoms. The van der Waals surface area contributed by atoms with Gasteiger partial charge in [-0.15, -0.1) is 0 Å². The molecule has 7 nitrogen and oxygen atoms in total. The van der Waals surface area contributed by atoms with E-state index >= 15 is 0 Å². The fraction of sp³-hybridized carbons (Fsp3) is 0.200. The topological polar surface area (TPSA) is 97.2 Å². The summed E-state index contributed by atoms with van der Waals surface area (Å²) in [6.45, 7) is 5.79. The number of aromatic nitrogens is 1. The summed E-state index contributed by atoms with van der Waals surface area (Å²) in [6.07, 6.45) is 1.58. The number of carbonyl (C=O) groups excluding carboxylic acids is 1. The molecule has 3 rings (SSSR count). The summed E-state index contributed by atoms with van der Waals surface area (Å²) >= 11 is 0. The largest absolute Gasteiger partial charge is 0.371 e. The summed E-state index contributed by atoms with van der Waals surface area (Å²) in [4.78, 5) is 27.6. The maximum absolute atomic E-state index is 12.4. The van der Waals surface area contributed by atoms with Gasteiger partial charge in [-0.2, -0.15) is 0 Å². The Morgan fingerprint density at radius 3 is 2.52 bits per heavy atom. The van der Waals surface area contributed by atoms with E-state index in [4.69, 9.17) is 0 Å². The SMILES string of the molecule is Cc1cc(C)c(NC(=O)CNc2ccc3ncccc3c2[N+](=O)[O-])c(C)c1. The van der Waals surface area contributed by atoms with Crippen molar-refractivity contribution in [3.05, 3.63) is 69.4 Å². The lowest BCUT2D eigenvalue weighted by Crippen LogP contribution is -2.23. The number of carbonyl (C=O) groups is 1. The summed E-state index contributed by atoms with van der Waals surface area (Å²) < 4.78 is 0. The van der Waals surface area contributed by atoms with E-state index in [-0.39, 0.29) is 23.8 Å². The lowest BCUT2D eigenvalue weighted by Gasteiger charge is -2.14. The fourth-order valence-corrected chi connectivity index (χ4v) is 3.21. The smallest absolute Gasteiger partial charge is 0.301 e. The summed E-state index contributed by atoms with van der Waals surface area (Å²) in [5.74, 6) is -0.273. The van der Waals surface area contributed by atoms with Gasteiger partial charge in [0.15, 0.2) is 0 Å². The Morgan fingerprint density at radius 2 is 1.85 bits per heavy atom. The van der Waals surface area contributed by atoms with Crippen LogP contribution in [0.15, 0.2) is 42.6 Å². The number of rotatable bonds is 5. The maximum atomic E-state index is 12.4. The number of hydrogen-bond donors (Lipinski definition) is 2. The summed E-state index contributed by atoms with van der Waals surface area (Å²) in [5.41, 5.74) is 4.58. The minimum Gasteiger partial charge on any atom is -0.371 e. The standard InChI is InChI=1S/C20H20N4O3/c1-12-9-13(2)19(14(3)10-12)23-18(25)11-22-17-7-6-16-15(5-4-8-21-16)20(17)24(26)27/h4-10,22H,11H2,1-3H3,(H,23,25). The van der Waals surface area contributed by atoms with Crippen LogP contribution in [0, 0.1) is 30.9 Å². The van der Waals surface area contributed by atoms with E-state index in [0.717, 1.165) is 22.4 Å². The highest BCUT2D eigenvalue weighted by molar-refractivity contribution is 5.98. The third kappa shape index (κ3) is 3.87. The molecule has 0 saturated heterocycles. The quantitative estimate of drug-likeness (QED) is 0.524. The zero-order valence-electron chi connectivity index (χ0n) is 15.4. The molecule has 1 aromatic heterocycles. The van der Waals surface area contributed by atoms with Crippen LogP contribution in [0.3, 0.4) is 0 Å². The lowest BCUT2D eigenvalue weighted by molar-refractivity contribution is -0.382. The third-order valence-corrected chi connectivity index (χ3v) is 4.32. The average molecular weight is 364 g/mol. The Bertz CT molecular complexity index is 1020. The van der Waals surface area contributed by atoms with Crippen molar-refractivity contribution in [3.8, 4) is 0 Å². The molecular formula is C20H20N4O3. The summed E-state index contributed by atoms with van der Waals surface area (Å²) in [5, 5.41) is 17.7. The van der Waals surface area contributed by atoms with E-state index in [1.54, 1.807) is 30.5 Å². The molecule has 0 radical (unpaired) electrons. The number of aryl methyl sites for hydroxylation is 3. The van der Waals surface area contributed by atoms with Gasteiger partial charge >= 0.3 is 5.69 Å². The highest BCUT2D eigenvalue weighted by atomic mass is 16.6. The molecule has 138 valence electrons. The molecule has 0 saturated carbocycles. The van der Waals surface area contributed by atoms with E-state index in [9.17, 15) is 14.9 Å². The summed E-state index contributed by atoms with van der Waals surface area (Å²) in [7, 11) is 0. The number of anilines is 2. The first-order valence-electron chi connectivity index (χ1n) is 8.50. The van der Waals surface area contributed by atoms with Crippen LogP contribution in [0.25, 0.3) is 10.9 Å². The Hall–Kier alpha value is -3.48. The molecule has 2 aromatic carbocycles. The Balaban J connectivity index is 1.80. The highest BCUT2D eigenvalue weighted by Crippen LogP contribution is 2.32. The molecule has 0 aliphatic rings. The predicted molar refractivity (Wildman–Crippen MR) is 106 cm³/mol. The van der Waals surface area contributed by atoms with Gasteiger partial charge < -0.3 is 10.6 Å². The molecule has 0 aliphatic carbocycles. The van der Waals surface area contributed by atoms with Gasteiger partial charge in [0.25, 0.3) is 0 Å².